The number of carbonyl (C=O) groups is 1. The highest BCUT2D eigenvalue weighted by Gasteiger charge is 2.35. The number of fused-ring (bicyclic) bond motifs is 1. The van der Waals surface area contributed by atoms with Crippen molar-refractivity contribution < 1.29 is 4.79 Å². The predicted molar refractivity (Wildman–Crippen MR) is 99.3 cm³/mol. The van der Waals surface area contributed by atoms with Crippen molar-refractivity contribution in [3.8, 4) is 0 Å². The van der Waals surface area contributed by atoms with Crippen LogP contribution in [0, 0.1) is 12.8 Å². The van der Waals surface area contributed by atoms with E-state index in [9.17, 15) is 4.79 Å². The molecule has 3 aromatic rings. The van der Waals surface area contributed by atoms with E-state index in [-0.39, 0.29) is 11.8 Å². The molecule has 0 unspecified atom stereocenters. The lowest BCUT2D eigenvalue weighted by Gasteiger charge is -2.38. The molecule has 0 spiro atoms. The predicted octanol–water partition coefficient (Wildman–Crippen LogP) is 2.28. The maximum Gasteiger partial charge on any atom is 0.231 e. The first-order valence-corrected chi connectivity index (χ1v) is 8.80. The molecule has 0 aliphatic carbocycles. The zero-order chi connectivity index (χ0) is 18.3. The maximum absolute atomic E-state index is 12.4. The van der Waals surface area contributed by atoms with Crippen molar-refractivity contribution in [1.29, 1.82) is 0 Å². The normalized spacial score (nSPS) is 14.5. The molecule has 3 heterocycles. The van der Waals surface area contributed by atoms with Crippen LogP contribution in [0.1, 0.15) is 12.5 Å². The molecule has 0 bridgehead atoms. The lowest BCUT2D eigenvalue weighted by Crippen LogP contribution is -2.52. The van der Waals surface area contributed by atoms with Crippen molar-refractivity contribution in [2.24, 2.45) is 5.92 Å². The van der Waals surface area contributed by atoms with Gasteiger partial charge in [0.1, 0.15) is 6.33 Å². The van der Waals surface area contributed by atoms with E-state index in [4.69, 9.17) is 11.6 Å². The Morgan fingerprint density at radius 2 is 2.15 bits per heavy atom. The monoisotopic (exact) mass is 371 g/mol. The number of benzene rings is 1. The molecular formula is C17H18ClN7O. The zero-order valence-corrected chi connectivity index (χ0v) is 15.2. The summed E-state index contributed by atoms with van der Waals surface area (Å²) >= 11 is 6.11. The van der Waals surface area contributed by atoms with Gasteiger partial charge in [0.15, 0.2) is 17.0 Å². The van der Waals surface area contributed by atoms with Crippen LogP contribution in [0.4, 0.5) is 11.5 Å². The number of hydrogen-bond acceptors (Lipinski definition) is 6. The smallest absolute Gasteiger partial charge is 0.231 e. The molecule has 0 saturated carbocycles. The van der Waals surface area contributed by atoms with Crippen molar-refractivity contribution in [2.75, 3.05) is 23.3 Å². The van der Waals surface area contributed by atoms with Gasteiger partial charge < -0.3 is 10.2 Å². The number of amides is 1. The van der Waals surface area contributed by atoms with E-state index in [0.717, 1.165) is 11.4 Å². The molecule has 2 aromatic heterocycles. The van der Waals surface area contributed by atoms with E-state index in [1.165, 1.54) is 6.33 Å². The average Bonchev–Trinajstić information content (AvgIpc) is 3.01. The third-order valence-corrected chi connectivity index (χ3v) is 4.98. The van der Waals surface area contributed by atoms with Gasteiger partial charge in [-0.05, 0) is 31.5 Å². The highest BCUT2D eigenvalue weighted by Crippen LogP contribution is 2.28. The van der Waals surface area contributed by atoms with Gasteiger partial charge in [-0.15, -0.1) is 5.10 Å². The number of aryl methyl sites for hydroxylation is 2. The molecule has 1 aliphatic rings. The quantitative estimate of drug-likeness (QED) is 0.756. The molecule has 1 amide bonds. The first kappa shape index (κ1) is 16.7. The fourth-order valence-electron chi connectivity index (χ4n) is 2.96. The molecule has 1 N–H and O–H groups in total. The Morgan fingerprint density at radius 3 is 2.88 bits per heavy atom. The molecule has 1 fully saturated rings. The summed E-state index contributed by atoms with van der Waals surface area (Å²) in [4.78, 5) is 23.0. The molecule has 1 aliphatic heterocycles. The first-order valence-electron chi connectivity index (χ1n) is 8.43. The average molecular weight is 372 g/mol. The van der Waals surface area contributed by atoms with Crippen molar-refractivity contribution in [3.05, 3.63) is 35.1 Å². The Bertz CT molecular complexity index is 980. The Balaban J connectivity index is 1.44. The minimum Gasteiger partial charge on any atom is -0.353 e. The van der Waals surface area contributed by atoms with Gasteiger partial charge in [-0.25, -0.2) is 14.6 Å². The second-order valence-electron chi connectivity index (χ2n) is 6.33. The Morgan fingerprint density at radius 1 is 1.35 bits per heavy atom. The van der Waals surface area contributed by atoms with Crippen LogP contribution >= 0.6 is 11.6 Å². The van der Waals surface area contributed by atoms with E-state index in [2.05, 4.69) is 25.6 Å². The lowest BCUT2D eigenvalue weighted by molar-refractivity contribution is -0.120. The highest BCUT2D eigenvalue weighted by atomic mass is 35.5. The highest BCUT2D eigenvalue weighted by molar-refractivity contribution is 6.31. The number of hydrogen-bond donors (Lipinski definition) is 1. The van der Waals surface area contributed by atoms with Gasteiger partial charge in [-0.3, -0.25) is 4.79 Å². The largest absolute Gasteiger partial charge is 0.353 e. The number of halogens is 1. The topological polar surface area (TPSA) is 88.8 Å². The van der Waals surface area contributed by atoms with E-state index >= 15 is 0 Å². The first-order chi connectivity index (χ1) is 12.6. The van der Waals surface area contributed by atoms with Gasteiger partial charge >= 0.3 is 0 Å². The Hall–Kier alpha value is -2.74. The summed E-state index contributed by atoms with van der Waals surface area (Å²) in [6.45, 7) is 5.76. The van der Waals surface area contributed by atoms with Crippen molar-refractivity contribution >= 4 is 40.2 Å². The van der Waals surface area contributed by atoms with Crippen LogP contribution in [0.25, 0.3) is 11.2 Å². The molecule has 0 radical (unpaired) electrons. The van der Waals surface area contributed by atoms with Crippen molar-refractivity contribution in [2.45, 2.75) is 20.4 Å². The molecule has 1 saturated heterocycles. The summed E-state index contributed by atoms with van der Waals surface area (Å²) in [5.74, 6) is 0.585. The minimum absolute atomic E-state index is 0.0244. The van der Waals surface area contributed by atoms with E-state index in [1.54, 1.807) is 10.7 Å². The summed E-state index contributed by atoms with van der Waals surface area (Å²) in [7, 11) is 0. The number of carbonyl (C=O) groups excluding carboxylic acids is 1. The SMILES string of the molecule is CCn1nnc2c(N3CC(C(=O)Nc4ccc(C)c(Cl)c4)C3)ncnc21. The standard InChI is InChI=1S/C17H18ClN7O/c1-3-25-16-14(22-23-25)15(19-9-20-16)24-7-11(8-24)17(26)21-12-5-4-10(2)13(18)6-12/h4-6,9,11H,3,7-8H2,1-2H3,(H,21,26). The number of nitrogens with zero attached hydrogens (tertiary/aromatic N) is 6. The number of anilines is 2. The van der Waals surface area contributed by atoms with Crippen LogP contribution < -0.4 is 10.2 Å². The van der Waals surface area contributed by atoms with Crippen LogP contribution in [-0.2, 0) is 11.3 Å². The number of aromatic nitrogens is 5. The van der Waals surface area contributed by atoms with Crippen LogP contribution in [0.5, 0.6) is 0 Å². The molecule has 4 rings (SSSR count). The molecule has 1 aromatic carbocycles. The summed E-state index contributed by atoms with van der Waals surface area (Å²) in [5.41, 5.74) is 3.06. The second-order valence-corrected chi connectivity index (χ2v) is 6.74. The fourth-order valence-corrected chi connectivity index (χ4v) is 3.14. The third kappa shape index (κ3) is 2.86. The number of rotatable bonds is 4. The molecule has 0 atom stereocenters. The summed E-state index contributed by atoms with van der Waals surface area (Å²) in [6.07, 6.45) is 1.51. The minimum atomic E-state index is -0.110. The van der Waals surface area contributed by atoms with Crippen LogP contribution in [0.15, 0.2) is 24.5 Å². The number of nitrogens with one attached hydrogen (secondary N) is 1. The van der Waals surface area contributed by atoms with E-state index in [1.807, 2.05) is 30.9 Å². The van der Waals surface area contributed by atoms with Crippen LogP contribution in [0.2, 0.25) is 5.02 Å². The summed E-state index contributed by atoms with van der Waals surface area (Å²) in [5, 5.41) is 11.8. The van der Waals surface area contributed by atoms with Gasteiger partial charge in [0.2, 0.25) is 5.91 Å². The third-order valence-electron chi connectivity index (χ3n) is 4.57. The second kappa shape index (κ2) is 6.53. The van der Waals surface area contributed by atoms with E-state index in [0.29, 0.717) is 41.5 Å². The molecule has 26 heavy (non-hydrogen) atoms. The molecular weight excluding hydrogens is 354 g/mol. The van der Waals surface area contributed by atoms with Gasteiger partial charge in [0.05, 0.1) is 5.92 Å². The van der Waals surface area contributed by atoms with Crippen LogP contribution in [-0.4, -0.2) is 44.0 Å². The molecule has 9 heteroatoms. The van der Waals surface area contributed by atoms with Gasteiger partial charge in [0, 0.05) is 30.3 Å². The lowest BCUT2D eigenvalue weighted by atomic mass is 9.99. The summed E-state index contributed by atoms with van der Waals surface area (Å²) in [6, 6.07) is 5.51. The maximum atomic E-state index is 12.4. The Kier molecular flexibility index (Phi) is 4.20. The van der Waals surface area contributed by atoms with E-state index < -0.39 is 0 Å². The zero-order valence-electron chi connectivity index (χ0n) is 14.5. The van der Waals surface area contributed by atoms with Crippen molar-refractivity contribution in [1.82, 2.24) is 25.0 Å². The van der Waals surface area contributed by atoms with Gasteiger partial charge in [-0.2, -0.15) is 0 Å². The van der Waals surface area contributed by atoms with Crippen molar-refractivity contribution in [3.63, 3.8) is 0 Å². The fraction of sp³-hybridized carbons (Fsp3) is 0.353. The Labute approximate surface area is 155 Å². The van der Waals surface area contributed by atoms with Gasteiger partial charge in [0.25, 0.3) is 0 Å². The summed E-state index contributed by atoms with van der Waals surface area (Å²) < 4.78 is 1.73. The van der Waals surface area contributed by atoms with Crippen LogP contribution in [0.3, 0.4) is 0 Å². The molecule has 134 valence electrons. The van der Waals surface area contributed by atoms with Gasteiger partial charge in [-0.1, -0.05) is 22.9 Å². The molecule has 8 nitrogen and oxygen atoms in total.